The van der Waals surface area contributed by atoms with E-state index >= 15 is 0 Å². The van der Waals surface area contributed by atoms with Crippen LogP contribution in [0.15, 0.2) is 16.8 Å². The van der Waals surface area contributed by atoms with Crippen LogP contribution < -0.4 is 0 Å². The third-order valence-electron chi connectivity index (χ3n) is 3.86. The maximum Gasteiger partial charge on any atom is 0.0322 e. The summed E-state index contributed by atoms with van der Waals surface area (Å²) < 4.78 is 0. The number of halogens is 1. The van der Waals surface area contributed by atoms with Crippen molar-refractivity contribution in [3.8, 4) is 0 Å². The number of hydrogen-bond donors (Lipinski definition) is 0. The van der Waals surface area contributed by atoms with Gasteiger partial charge in [-0.3, -0.25) is 0 Å². The molecule has 3 heteroatoms. The lowest BCUT2D eigenvalue weighted by atomic mass is 10.0. The number of hydrogen-bond acceptors (Lipinski definition) is 2. The first-order valence-corrected chi connectivity index (χ1v) is 8.53. The van der Waals surface area contributed by atoms with Crippen molar-refractivity contribution in [1.82, 2.24) is 4.90 Å². The fourth-order valence-corrected chi connectivity index (χ4v) is 3.79. The topological polar surface area (TPSA) is 3.24 Å². The molecule has 0 radical (unpaired) electrons. The summed E-state index contributed by atoms with van der Waals surface area (Å²) in [6.45, 7) is 4.59. The van der Waals surface area contributed by atoms with Crippen LogP contribution in [-0.4, -0.2) is 29.4 Å². The number of rotatable bonds is 5. The highest BCUT2D eigenvalue weighted by Crippen LogP contribution is 2.22. The first-order chi connectivity index (χ1) is 8.75. The fourth-order valence-electron chi connectivity index (χ4n) is 2.88. The minimum atomic E-state index is 0.303. The summed E-state index contributed by atoms with van der Waals surface area (Å²) in [4.78, 5) is 2.68. The lowest BCUT2D eigenvalue weighted by molar-refractivity contribution is 0.192. The minimum absolute atomic E-state index is 0.303. The quantitative estimate of drug-likeness (QED) is 0.717. The molecule has 2 atom stereocenters. The minimum Gasteiger partial charge on any atom is -0.300 e. The molecule has 18 heavy (non-hydrogen) atoms. The van der Waals surface area contributed by atoms with Gasteiger partial charge < -0.3 is 4.90 Å². The van der Waals surface area contributed by atoms with Crippen molar-refractivity contribution in [2.75, 3.05) is 13.1 Å². The van der Waals surface area contributed by atoms with Gasteiger partial charge in [0.25, 0.3) is 0 Å². The standard InChI is InChI=1S/C15H24ClNS/c1-13(16)11-15-5-3-2-4-8-17(15)9-6-14-7-10-18-12-14/h7,10,12-13,15H,2-6,8-9,11H2,1H3. The molecule has 1 nitrogen and oxygen atoms in total. The molecular weight excluding hydrogens is 262 g/mol. The predicted molar refractivity (Wildman–Crippen MR) is 81.8 cm³/mol. The smallest absolute Gasteiger partial charge is 0.0322 e. The number of likely N-dealkylation sites (tertiary alicyclic amines) is 1. The number of alkyl halides is 1. The van der Waals surface area contributed by atoms with Crippen LogP contribution >= 0.6 is 22.9 Å². The Labute approximate surface area is 120 Å². The van der Waals surface area contributed by atoms with Crippen molar-refractivity contribution in [3.63, 3.8) is 0 Å². The molecule has 1 aromatic rings. The second-order valence-electron chi connectivity index (χ2n) is 5.44. The van der Waals surface area contributed by atoms with Crippen molar-refractivity contribution < 1.29 is 0 Å². The maximum absolute atomic E-state index is 6.20. The average molecular weight is 286 g/mol. The van der Waals surface area contributed by atoms with Gasteiger partial charge in [-0.2, -0.15) is 11.3 Å². The fraction of sp³-hybridized carbons (Fsp3) is 0.733. The van der Waals surface area contributed by atoms with Gasteiger partial charge in [0.1, 0.15) is 0 Å². The Morgan fingerprint density at radius 2 is 2.33 bits per heavy atom. The molecule has 1 aliphatic rings. The predicted octanol–water partition coefficient (Wildman–Crippen LogP) is 4.55. The Kier molecular flexibility index (Phi) is 6.00. The van der Waals surface area contributed by atoms with Gasteiger partial charge in [-0.25, -0.2) is 0 Å². The molecular formula is C15H24ClNS. The second-order valence-corrected chi connectivity index (χ2v) is 6.96. The van der Waals surface area contributed by atoms with Crippen molar-refractivity contribution >= 4 is 22.9 Å². The first-order valence-electron chi connectivity index (χ1n) is 7.15. The summed E-state index contributed by atoms with van der Waals surface area (Å²) in [5.74, 6) is 0. The van der Waals surface area contributed by atoms with Gasteiger partial charge in [0.15, 0.2) is 0 Å². The molecule has 0 bridgehead atoms. The number of nitrogens with zero attached hydrogens (tertiary/aromatic N) is 1. The molecule has 1 fully saturated rings. The van der Waals surface area contributed by atoms with E-state index in [4.69, 9.17) is 11.6 Å². The third kappa shape index (κ3) is 4.56. The van der Waals surface area contributed by atoms with Crippen LogP contribution in [0, 0.1) is 0 Å². The van der Waals surface area contributed by atoms with Crippen LogP contribution in [0.1, 0.15) is 44.6 Å². The van der Waals surface area contributed by atoms with Crippen molar-refractivity contribution in [2.24, 2.45) is 0 Å². The first kappa shape index (κ1) is 14.4. The van der Waals surface area contributed by atoms with E-state index in [1.807, 2.05) is 0 Å². The van der Waals surface area contributed by atoms with Gasteiger partial charge in [0.2, 0.25) is 0 Å². The highest BCUT2D eigenvalue weighted by molar-refractivity contribution is 7.07. The highest BCUT2D eigenvalue weighted by Gasteiger charge is 2.21. The van der Waals surface area contributed by atoms with Crippen molar-refractivity contribution in [2.45, 2.75) is 56.9 Å². The zero-order valence-corrected chi connectivity index (χ0v) is 12.8. The third-order valence-corrected chi connectivity index (χ3v) is 4.77. The van der Waals surface area contributed by atoms with Gasteiger partial charge >= 0.3 is 0 Å². The SMILES string of the molecule is CC(Cl)CC1CCCCCN1CCc1ccsc1. The van der Waals surface area contributed by atoms with Gasteiger partial charge in [0.05, 0.1) is 0 Å². The zero-order chi connectivity index (χ0) is 12.8. The molecule has 0 spiro atoms. The molecule has 1 aromatic heterocycles. The molecule has 0 saturated carbocycles. The lowest BCUT2D eigenvalue weighted by Gasteiger charge is -2.30. The van der Waals surface area contributed by atoms with Crippen LogP contribution in [0.25, 0.3) is 0 Å². The van der Waals surface area contributed by atoms with E-state index in [1.165, 1.54) is 50.8 Å². The Bertz CT molecular complexity index is 323. The Balaban J connectivity index is 1.88. The molecule has 102 valence electrons. The van der Waals surface area contributed by atoms with E-state index in [0.717, 1.165) is 6.42 Å². The van der Waals surface area contributed by atoms with Crippen molar-refractivity contribution in [1.29, 1.82) is 0 Å². The van der Waals surface area contributed by atoms with Crippen LogP contribution in [0.4, 0.5) is 0 Å². The number of thiophene rings is 1. The van der Waals surface area contributed by atoms with Gasteiger partial charge in [-0.05, 0) is 61.5 Å². The van der Waals surface area contributed by atoms with E-state index in [2.05, 4.69) is 28.7 Å². The Morgan fingerprint density at radius 1 is 1.44 bits per heavy atom. The molecule has 2 rings (SSSR count). The van der Waals surface area contributed by atoms with Gasteiger partial charge in [-0.15, -0.1) is 11.6 Å². The summed E-state index contributed by atoms with van der Waals surface area (Å²) in [6, 6.07) is 2.96. The summed E-state index contributed by atoms with van der Waals surface area (Å²) in [5, 5.41) is 4.75. The van der Waals surface area contributed by atoms with E-state index in [-0.39, 0.29) is 0 Å². The average Bonchev–Trinajstić information content (AvgIpc) is 2.75. The molecule has 1 aliphatic heterocycles. The van der Waals surface area contributed by atoms with E-state index in [9.17, 15) is 0 Å². The second kappa shape index (κ2) is 7.52. The van der Waals surface area contributed by atoms with Crippen LogP contribution in [0.5, 0.6) is 0 Å². The van der Waals surface area contributed by atoms with E-state index < -0.39 is 0 Å². The van der Waals surface area contributed by atoms with Gasteiger partial charge in [0, 0.05) is 18.0 Å². The Morgan fingerprint density at radius 3 is 3.06 bits per heavy atom. The largest absolute Gasteiger partial charge is 0.300 e. The highest BCUT2D eigenvalue weighted by atomic mass is 35.5. The maximum atomic E-state index is 6.20. The molecule has 0 N–H and O–H groups in total. The monoisotopic (exact) mass is 285 g/mol. The zero-order valence-electron chi connectivity index (χ0n) is 11.3. The summed E-state index contributed by atoms with van der Waals surface area (Å²) >= 11 is 8.01. The normalized spacial score (nSPS) is 23.8. The molecule has 2 unspecified atom stereocenters. The van der Waals surface area contributed by atoms with Crippen molar-refractivity contribution in [3.05, 3.63) is 22.4 Å². The summed E-state index contributed by atoms with van der Waals surface area (Å²) in [5.41, 5.74) is 1.49. The molecule has 0 amide bonds. The van der Waals surface area contributed by atoms with Crippen LogP contribution in [0.3, 0.4) is 0 Å². The molecule has 0 aromatic carbocycles. The van der Waals surface area contributed by atoms with Gasteiger partial charge in [-0.1, -0.05) is 12.8 Å². The Hall–Kier alpha value is -0.0500. The molecule has 1 saturated heterocycles. The van der Waals surface area contributed by atoms with Crippen LogP contribution in [-0.2, 0) is 6.42 Å². The lowest BCUT2D eigenvalue weighted by Crippen LogP contribution is -2.37. The molecule has 0 aliphatic carbocycles. The summed E-state index contributed by atoms with van der Waals surface area (Å²) in [7, 11) is 0. The summed E-state index contributed by atoms with van der Waals surface area (Å²) in [6.07, 6.45) is 7.80. The molecule has 2 heterocycles. The van der Waals surface area contributed by atoms with Crippen LogP contribution in [0.2, 0.25) is 0 Å². The van der Waals surface area contributed by atoms with E-state index in [1.54, 1.807) is 11.3 Å². The van der Waals surface area contributed by atoms with E-state index in [0.29, 0.717) is 11.4 Å².